The maximum Gasteiger partial charge on any atom is 0.252 e. The number of nitrogens with zero attached hydrogens (tertiary/aromatic N) is 2. The van der Waals surface area contributed by atoms with Crippen molar-refractivity contribution < 1.29 is 8.42 Å². The molecule has 26 heavy (non-hydrogen) atoms. The van der Waals surface area contributed by atoms with Crippen molar-refractivity contribution in [3.05, 3.63) is 17.0 Å². The molecule has 0 aliphatic heterocycles. The topological polar surface area (TPSA) is 73.8 Å². The predicted molar refractivity (Wildman–Crippen MR) is 122 cm³/mol. The zero-order valence-corrected chi connectivity index (χ0v) is 20.4. The van der Waals surface area contributed by atoms with Crippen LogP contribution >= 0.6 is 35.3 Å². The molecule has 0 radical (unpaired) electrons. The van der Waals surface area contributed by atoms with Crippen LogP contribution in [0.3, 0.4) is 0 Å². The lowest BCUT2D eigenvalue weighted by Gasteiger charge is -2.17. The van der Waals surface area contributed by atoms with Crippen LogP contribution < -0.4 is 10.6 Å². The molecule has 1 unspecified atom stereocenters. The van der Waals surface area contributed by atoms with Crippen molar-refractivity contribution in [2.24, 2.45) is 4.99 Å². The summed E-state index contributed by atoms with van der Waals surface area (Å²) in [5, 5.41) is 6.64. The molecule has 1 aromatic heterocycles. The lowest BCUT2D eigenvalue weighted by atomic mass is 10.1. The standard InChI is InChI=1S/C17H32N4O2S2.HI/c1-6-7-8-9-10-14(2)20-17(18-3)19-13-15-11-12-16(24-15)25(22,23)21(4)5;/h11-12,14H,6-10,13H2,1-5H3,(H2,18,19,20);1H. The molecule has 0 saturated carbocycles. The fraction of sp³-hybridized carbons (Fsp3) is 0.706. The molecule has 0 amide bonds. The van der Waals surface area contributed by atoms with Crippen LogP contribution in [0.4, 0.5) is 0 Å². The Morgan fingerprint density at radius 1 is 1.27 bits per heavy atom. The van der Waals surface area contributed by atoms with Crippen molar-refractivity contribution in [1.29, 1.82) is 0 Å². The maximum absolute atomic E-state index is 12.1. The third kappa shape index (κ3) is 8.53. The van der Waals surface area contributed by atoms with Gasteiger partial charge in [0, 0.05) is 32.1 Å². The Labute approximate surface area is 179 Å². The van der Waals surface area contributed by atoms with Crippen molar-refractivity contribution in [3.8, 4) is 0 Å². The molecule has 0 aliphatic carbocycles. The monoisotopic (exact) mass is 516 g/mol. The van der Waals surface area contributed by atoms with E-state index in [9.17, 15) is 8.42 Å². The average Bonchev–Trinajstić information content (AvgIpc) is 3.05. The fourth-order valence-electron chi connectivity index (χ4n) is 2.32. The van der Waals surface area contributed by atoms with Gasteiger partial charge in [0.1, 0.15) is 4.21 Å². The first-order chi connectivity index (χ1) is 11.8. The second kappa shape index (κ2) is 12.9. The first-order valence-electron chi connectivity index (χ1n) is 8.79. The van der Waals surface area contributed by atoms with Crippen molar-refractivity contribution in [2.75, 3.05) is 21.1 Å². The van der Waals surface area contributed by atoms with Gasteiger partial charge in [-0.05, 0) is 25.5 Å². The molecular weight excluding hydrogens is 483 g/mol. The second-order valence-electron chi connectivity index (χ2n) is 6.33. The summed E-state index contributed by atoms with van der Waals surface area (Å²) in [6.45, 7) is 4.93. The smallest absolute Gasteiger partial charge is 0.252 e. The van der Waals surface area contributed by atoms with Crippen LogP contribution in [0, 0.1) is 0 Å². The van der Waals surface area contributed by atoms with E-state index in [-0.39, 0.29) is 24.0 Å². The Morgan fingerprint density at radius 3 is 2.54 bits per heavy atom. The van der Waals surface area contributed by atoms with E-state index in [0.717, 1.165) is 17.3 Å². The van der Waals surface area contributed by atoms with Crippen molar-refractivity contribution in [2.45, 2.75) is 62.7 Å². The molecule has 1 atom stereocenters. The van der Waals surface area contributed by atoms with E-state index < -0.39 is 10.0 Å². The quantitative estimate of drug-likeness (QED) is 0.216. The number of hydrogen-bond acceptors (Lipinski definition) is 4. The minimum atomic E-state index is -3.36. The van der Waals surface area contributed by atoms with Gasteiger partial charge in [0.15, 0.2) is 5.96 Å². The molecule has 0 spiro atoms. The highest BCUT2D eigenvalue weighted by Crippen LogP contribution is 2.23. The van der Waals surface area contributed by atoms with Crippen LogP contribution in [-0.4, -0.2) is 45.9 Å². The summed E-state index contributed by atoms with van der Waals surface area (Å²) in [7, 11) is 1.47. The van der Waals surface area contributed by atoms with Crippen LogP contribution in [-0.2, 0) is 16.6 Å². The zero-order chi connectivity index (χ0) is 18.9. The van der Waals surface area contributed by atoms with Gasteiger partial charge in [-0.25, -0.2) is 12.7 Å². The lowest BCUT2D eigenvalue weighted by molar-refractivity contribution is 0.523. The number of halogens is 1. The zero-order valence-electron chi connectivity index (χ0n) is 16.4. The van der Waals surface area contributed by atoms with Crippen LogP contribution in [0.1, 0.15) is 50.8 Å². The number of hydrogen-bond donors (Lipinski definition) is 2. The Balaban J connectivity index is 0.00000625. The fourth-order valence-corrected chi connectivity index (χ4v) is 4.78. The highest BCUT2D eigenvalue weighted by molar-refractivity contribution is 14.0. The Morgan fingerprint density at radius 2 is 1.96 bits per heavy atom. The van der Waals surface area contributed by atoms with E-state index >= 15 is 0 Å². The van der Waals surface area contributed by atoms with Gasteiger partial charge in [-0.15, -0.1) is 35.3 Å². The van der Waals surface area contributed by atoms with E-state index in [4.69, 9.17) is 0 Å². The van der Waals surface area contributed by atoms with Crippen LogP contribution in [0.25, 0.3) is 0 Å². The third-order valence-electron chi connectivity index (χ3n) is 3.90. The van der Waals surface area contributed by atoms with E-state index in [1.807, 2.05) is 6.07 Å². The number of aliphatic imine (C=N–C) groups is 1. The summed E-state index contributed by atoms with van der Waals surface area (Å²) in [6, 6.07) is 3.86. The normalized spacial score (nSPS) is 13.4. The molecule has 0 aliphatic rings. The van der Waals surface area contributed by atoms with Gasteiger partial charge in [0.25, 0.3) is 10.0 Å². The second-order valence-corrected chi connectivity index (χ2v) is 9.88. The SMILES string of the molecule is CCCCCCC(C)NC(=NC)NCc1ccc(S(=O)(=O)N(C)C)s1.I. The largest absolute Gasteiger partial charge is 0.354 e. The van der Waals surface area contributed by atoms with Crippen LogP contribution in [0.2, 0.25) is 0 Å². The van der Waals surface area contributed by atoms with Crippen LogP contribution in [0.15, 0.2) is 21.3 Å². The minimum Gasteiger partial charge on any atom is -0.354 e. The minimum absolute atomic E-state index is 0. The molecule has 9 heteroatoms. The first kappa shape index (κ1) is 25.6. The average molecular weight is 517 g/mol. The number of sulfonamides is 1. The highest BCUT2D eigenvalue weighted by Gasteiger charge is 2.19. The molecular formula is C17H33IN4O2S2. The first-order valence-corrected chi connectivity index (χ1v) is 11.0. The predicted octanol–water partition coefficient (Wildman–Crippen LogP) is 3.64. The summed E-state index contributed by atoms with van der Waals surface area (Å²) >= 11 is 1.28. The number of unbranched alkanes of at least 4 members (excludes halogenated alkanes) is 3. The summed E-state index contributed by atoms with van der Waals surface area (Å²) in [6.07, 6.45) is 6.14. The molecule has 1 rings (SSSR count). The number of rotatable bonds is 10. The molecule has 6 nitrogen and oxygen atoms in total. The Hall–Kier alpha value is -0.390. The van der Waals surface area contributed by atoms with E-state index in [1.54, 1.807) is 27.2 Å². The lowest BCUT2D eigenvalue weighted by Crippen LogP contribution is -2.41. The van der Waals surface area contributed by atoms with Gasteiger partial charge in [-0.3, -0.25) is 4.99 Å². The van der Waals surface area contributed by atoms with Gasteiger partial charge in [0.2, 0.25) is 0 Å². The van der Waals surface area contributed by atoms with Gasteiger partial charge in [0.05, 0.1) is 6.54 Å². The third-order valence-corrected chi connectivity index (χ3v) is 7.27. The number of nitrogens with one attached hydrogen (secondary N) is 2. The molecule has 2 N–H and O–H groups in total. The summed E-state index contributed by atoms with van der Waals surface area (Å²) in [5.74, 6) is 0.744. The summed E-state index contributed by atoms with van der Waals surface area (Å²) in [5.41, 5.74) is 0. The Bertz CT molecular complexity index is 645. The number of thiophene rings is 1. The maximum atomic E-state index is 12.1. The molecule has 0 aromatic carbocycles. The van der Waals surface area contributed by atoms with E-state index in [1.165, 1.54) is 41.3 Å². The van der Waals surface area contributed by atoms with Crippen molar-refractivity contribution in [3.63, 3.8) is 0 Å². The molecule has 0 fully saturated rings. The van der Waals surface area contributed by atoms with E-state index in [0.29, 0.717) is 16.8 Å². The van der Waals surface area contributed by atoms with Gasteiger partial charge in [-0.2, -0.15) is 0 Å². The summed E-state index contributed by atoms with van der Waals surface area (Å²) < 4.78 is 25.8. The number of guanidine groups is 1. The van der Waals surface area contributed by atoms with Crippen molar-refractivity contribution in [1.82, 2.24) is 14.9 Å². The van der Waals surface area contributed by atoms with Crippen molar-refractivity contribution >= 4 is 51.3 Å². The van der Waals surface area contributed by atoms with E-state index in [2.05, 4.69) is 29.5 Å². The molecule has 0 bridgehead atoms. The molecule has 152 valence electrons. The van der Waals surface area contributed by atoms with Gasteiger partial charge in [-0.1, -0.05) is 32.6 Å². The van der Waals surface area contributed by atoms with Crippen LogP contribution in [0.5, 0.6) is 0 Å². The molecule has 1 aromatic rings. The molecule has 0 saturated heterocycles. The van der Waals surface area contributed by atoms with Gasteiger partial charge >= 0.3 is 0 Å². The molecule has 1 heterocycles. The van der Waals surface area contributed by atoms with Gasteiger partial charge < -0.3 is 10.6 Å². The summed E-state index contributed by atoms with van der Waals surface area (Å²) in [4.78, 5) is 5.20. The Kier molecular flexibility index (Phi) is 12.7. The highest BCUT2D eigenvalue weighted by atomic mass is 127.